The maximum Gasteiger partial charge on any atom is 0.112 e. The second kappa shape index (κ2) is 6.53. The molecule has 5 rings (SSSR count). The molecule has 0 bridgehead atoms. The number of hydrogen-bond donors (Lipinski definition) is 4. The van der Waals surface area contributed by atoms with Gasteiger partial charge in [0.2, 0.25) is 0 Å². The van der Waals surface area contributed by atoms with Crippen LogP contribution in [0.2, 0.25) is 0 Å². The highest BCUT2D eigenvalue weighted by atomic mass is 15.1. The van der Waals surface area contributed by atoms with Crippen LogP contribution in [0.25, 0.3) is 6.08 Å². The Morgan fingerprint density at radius 3 is 2.96 bits per heavy atom. The Bertz CT molecular complexity index is 1050. The average Bonchev–Trinajstić information content (AvgIpc) is 3.32. The average molecular weight is 371 g/mol. The van der Waals surface area contributed by atoms with Gasteiger partial charge < -0.3 is 21.4 Å². The summed E-state index contributed by atoms with van der Waals surface area (Å²) in [7, 11) is 0. The number of hydrogen-bond acceptors (Lipinski definition) is 4. The monoisotopic (exact) mass is 371 g/mol. The number of imidazole rings is 1. The summed E-state index contributed by atoms with van der Waals surface area (Å²) in [5.74, 6) is 1.20. The fourth-order valence-corrected chi connectivity index (χ4v) is 4.50. The van der Waals surface area contributed by atoms with E-state index >= 15 is 0 Å². The zero-order valence-corrected chi connectivity index (χ0v) is 16.0. The van der Waals surface area contributed by atoms with Crippen molar-refractivity contribution in [2.24, 2.45) is 5.73 Å². The molecule has 0 saturated carbocycles. The summed E-state index contributed by atoms with van der Waals surface area (Å²) >= 11 is 0. The van der Waals surface area contributed by atoms with Crippen LogP contribution in [0.4, 0.5) is 11.4 Å². The molecular weight excluding hydrogens is 346 g/mol. The topological polar surface area (TPSA) is 78.8 Å². The normalized spacial score (nSPS) is 22.4. The lowest BCUT2D eigenvalue weighted by Gasteiger charge is -2.38. The SMILES string of the molecule is Cc1nc(CNc2cccc3c2C=CC(N)([C@@H]2CCc4ccccc42)N3)c[nH]1. The molecule has 2 aromatic carbocycles. The molecule has 2 heterocycles. The van der Waals surface area contributed by atoms with Crippen LogP contribution < -0.4 is 16.4 Å². The number of benzene rings is 2. The lowest BCUT2D eigenvalue weighted by Crippen LogP contribution is -2.51. The molecule has 0 saturated heterocycles. The predicted molar refractivity (Wildman–Crippen MR) is 114 cm³/mol. The third kappa shape index (κ3) is 2.88. The number of nitrogens with zero attached hydrogens (tertiary/aromatic N) is 1. The summed E-state index contributed by atoms with van der Waals surface area (Å²) in [6, 6.07) is 14.9. The molecule has 2 aliphatic rings. The molecule has 1 unspecified atom stereocenters. The molecule has 28 heavy (non-hydrogen) atoms. The highest BCUT2D eigenvalue weighted by Gasteiger charge is 2.39. The van der Waals surface area contributed by atoms with Crippen LogP contribution in [0, 0.1) is 6.92 Å². The Morgan fingerprint density at radius 2 is 2.11 bits per heavy atom. The maximum absolute atomic E-state index is 6.88. The number of aromatic amines is 1. The minimum absolute atomic E-state index is 0.275. The van der Waals surface area contributed by atoms with Crippen LogP contribution in [0.3, 0.4) is 0 Å². The highest BCUT2D eigenvalue weighted by Crippen LogP contribution is 2.43. The van der Waals surface area contributed by atoms with Crippen molar-refractivity contribution in [2.75, 3.05) is 10.6 Å². The highest BCUT2D eigenvalue weighted by molar-refractivity contribution is 5.82. The van der Waals surface area contributed by atoms with Crippen molar-refractivity contribution in [3.05, 3.63) is 82.9 Å². The molecule has 1 aliphatic carbocycles. The lowest BCUT2D eigenvalue weighted by molar-refractivity contribution is 0.468. The maximum atomic E-state index is 6.88. The molecule has 5 N–H and O–H groups in total. The van der Waals surface area contributed by atoms with Crippen molar-refractivity contribution in [3.8, 4) is 0 Å². The van der Waals surface area contributed by atoms with Crippen LogP contribution in [0.5, 0.6) is 0 Å². The predicted octanol–water partition coefficient (Wildman–Crippen LogP) is 4.15. The van der Waals surface area contributed by atoms with Gasteiger partial charge in [-0.2, -0.15) is 0 Å². The minimum Gasteiger partial charge on any atom is -0.379 e. The van der Waals surface area contributed by atoms with Crippen molar-refractivity contribution < 1.29 is 0 Å². The summed E-state index contributed by atoms with van der Waals surface area (Å²) < 4.78 is 0. The van der Waals surface area contributed by atoms with E-state index in [4.69, 9.17) is 5.73 Å². The number of fused-ring (bicyclic) bond motifs is 2. The molecule has 0 radical (unpaired) electrons. The molecule has 5 nitrogen and oxygen atoms in total. The van der Waals surface area contributed by atoms with E-state index in [2.05, 4.69) is 75.2 Å². The Kier molecular flexibility index (Phi) is 3.98. The van der Waals surface area contributed by atoms with E-state index in [-0.39, 0.29) is 5.92 Å². The standard InChI is InChI=1S/C23H25N5/c1-15-25-13-17(27-15)14-26-21-7-4-8-22-19(21)11-12-23(24,28-22)20-10-9-16-5-2-3-6-18(16)20/h2-8,11-13,20,26,28H,9-10,14,24H2,1H3,(H,25,27)/t20-,23?/m1/s1. The smallest absolute Gasteiger partial charge is 0.112 e. The third-order valence-electron chi connectivity index (χ3n) is 5.91. The summed E-state index contributed by atoms with van der Waals surface area (Å²) in [5, 5.41) is 7.13. The summed E-state index contributed by atoms with van der Waals surface area (Å²) in [5.41, 5.74) is 13.4. The van der Waals surface area contributed by atoms with Crippen molar-refractivity contribution in [2.45, 2.75) is 37.9 Å². The van der Waals surface area contributed by atoms with Crippen molar-refractivity contribution in [1.29, 1.82) is 0 Å². The Morgan fingerprint density at radius 1 is 1.21 bits per heavy atom. The molecule has 1 aliphatic heterocycles. The number of H-pyrrole nitrogens is 1. The number of aromatic nitrogens is 2. The van der Waals surface area contributed by atoms with Gasteiger partial charge in [0, 0.05) is 29.1 Å². The van der Waals surface area contributed by atoms with Gasteiger partial charge in [0.1, 0.15) is 11.5 Å². The van der Waals surface area contributed by atoms with E-state index in [9.17, 15) is 0 Å². The fraction of sp³-hybridized carbons (Fsp3) is 0.261. The van der Waals surface area contributed by atoms with Gasteiger partial charge in [0.15, 0.2) is 0 Å². The lowest BCUT2D eigenvalue weighted by atomic mass is 9.84. The second-order valence-corrected chi connectivity index (χ2v) is 7.78. The quantitative estimate of drug-likeness (QED) is 0.555. The first-order valence-corrected chi connectivity index (χ1v) is 9.84. The molecule has 2 atom stereocenters. The second-order valence-electron chi connectivity index (χ2n) is 7.78. The first-order valence-electron chi connectivity index (χ1n) is 9.84. The molecule has 5 heteroatoms. The van der Waals surface area contributed by atoms with Crippen LogP contribution in [-0.2, 0) is 13.0 Å². The zero-order valence-electron chi connectivity index (χ0n) is 16.0. The fourth-order valence-electron chi connectivity index (χ4n) is 4.50. The third-order valence-corrected chi connectivity index (χ3v) is 5.91. The number of anilines is 2. The minimum atomic E-state index is -0.572. The molecule has 0 amide bonds. The van der Waals surface area contributed by atoms with E-state index in [1.54, 1.807) is 0 Å². The van der Waals surface area contributed by atoms with Crippen molar-refractivity contribution in [1.82, 2.24) is 9.97 Å². The number of aryl methyl sites for hydroxylation is 2. The van der Waals surface area contributed by atoms with E-state index in [0.717, 1.165) is 41.3 Å². The van der Waals surface area contributed by atoms with Crippen LogP contribution in [0.1, 0.15) is 40.5 Å². The summed E-state index contributed by atoms with van der Waals surface area (Å²) in [6.45, 7) is 2.64. The van der Waals surface area contributed by atoms with Gasteiger partial charge in [-0.05, 0) is 49.1 Å². The van der Waals surface area contributed by atoms with E-state index < -0.39 is 5.66 Å². The van der Waals surface area contributed by atoms with E-state index in [0.29, 0.717) is 6.54 Å². The van der Waals surface area contributed by atoms with Gasteiger partial charge in [0.25, 0.3) is 0 Å². The van der Waals surface area contributed by atoms with Crippen LogP contribution >= 0.6 is 0 Å². The molecule has 1 aromatic heterocycles. The molecule has 0 spiro atoms. The van der Waals surface area contributed by atoms with Crippen LogP contribution in [-0.4, -0.2) is 15.6 Å². The number of nitrogens with one attached hydrogen (secondary N) is 3. The van der Waals surface area contributed by atoms with E-state index in [1.165, 1.54) is 11.1 Å². The van der Waals surface area contributed by atoms with Gasteiger partial charge in [-0.1, -0.05) is 36.4 Å². The van der Waals surface area contributed by atoms with Gasteiger partial charge in [-0.3, -0.25) is 0 Å². The molecule has 142 valence electrons. The summed E-state index contributed by atoms with van der Waals surface area (Å²) in [4.78, 5) is 7.59. The molecular formula is C23H25N5. The van der Waals surface area contributed by atoms with Gasteiger partial charge in [0.05, 0.1) is 12.2 Å². The molecule has 0 fully saturated rings. The van der Waals surface area contributed by atoms with Gasteiger partial charge >= 0.3 is 0 Å². The van der Waals surface area contributed by atoms with Crippen molar-refractivity contribution >= 4 is 17.5 Å². The molecule has 3 aromatic rings. The van der Waals surface area contributed by atoms with Crippen LogP contribution in [0.15, 0.2) is 54.7 Å². The largest absolute Gasteiger partial charge is 0.379 e. The Balaban J connectivity index is 1.40. The first kappa shape index (κ1) is 17.1. The van der Waals surface area contributed by atoms with Gasteiger partial charge in [-0.25, -0.2) is 4.98 Å². The number of rotatable bonds is 4. The zero-order chi connectivity index (χ0) is 19.1. The Labute approximate surface area is 165 Å². The van der Waals surface area contributed by atoms with E-state index in [1.807, 2.05) is 13.1 Å². The Hall–Kier alpha value is -3.05. The van der Waals surface area contributed by atoms with Gasteiger partial charge in [-0.15, -0.1) is 0 Å². The van der Waals surface area contributed by atoms with Crippen molar-refractivity contribution in [3.63, 3.8) is 0 Å². The first-order chi connectivity index (χ1) is 13.6. The number of nitrogens with two attached hydrogens (primary N) is 1. The summed E-state index contributed by atoms with van der Waals surface area (Å²) in [6.07, 6.45) is 8.39.